The highest BCUT2D eigenvalue weighted by Crippen LogP contribution is 2.29. The number of carbonyl (C=O) groups is 1. The quantitative estimate of drug-likeness (QED) is 0.772. The Hall–Kier alpha value is -1.62. The van der Waals surface area contributed by atoms with Crippen molar-refractivity contribution in [2.24, 2.45) is 0 Å². The van der Waals surface area contributed by atoms with Gasteiger partial charge >= 0.3 is 0 Å². The van der Waals surface area contributed by atoms with E-state index in [9.17, 15) is 4.79 Å². The van der Waals surface area contributed by atoms with E-state index in [1.165, 1.54) is 25.7 Å². The fourth-order valence-corrected chi connectivity index (χ4v) is 3.07. The average Bonchev–Trinajstić information content (AvgIpc) is 2.90. The minimum absolute atomic E-state index is 0.0192. The summed E-state index contributed by atoms with van der Waals surface area (Å²) in [6, 6.07) is 8.22. The Morgan fingerprint density at radius 3 is 2.84 bits per heavy atom. The van der Waals surface area contributed by atoms with Crippen LogP contribution in [-0.2, 0) is 4.79 Å². The molecule has 4 nitrogen and oxygen atoms in total. The van der Waals surface area contributed by atoms with Crippen LogP contribution in [0.3, 0.4) is 0 Å². The highest BCUT2D eigenvalue weighted by atomic mass is 32.1. The molecular weight excluding hydrogens is 258 g/mol. The third kappa shape index (κ3) is 2.56. The van der Waals surface area contributed by atoms with Crippen molar-refractivity contribution in [2.75, 3.05) is 16.8 Å². The van der Waals surface area contributed by atoms with E-state index >= 15 is 0 Å². The maximum atomic E-state index is 11.7. The predicted molar refractivity (Wildman–Crippen MR) is 80.4 cm³/mol. The van der Waals surface area contributed by atoms with Gasteiger partial charge in [-0.1, -0.05) is 25.0 Å². The van der Waals surface area contributed by atoms with E-state index in [1.807, 2.05) is 29.2 Å². The Morgan fingerprint density at radius 1 is 1.32 bits per heavy atom. The summed E-state index contributed by atoms with van der Waals surface area (Å²) in [4.78, 5) is 13.6. The number of fused-ring (bicyclic) bond motifs is 1. The molecule has 1 heterocycles. The van der Waals surface area contributed by atoms with Gasteiger partial charge in [-0.15, -0.1) is 0 Å². The number of hydrogen-bond acceptors (Lipinski definition) is 2. The third-order valence-electron chi connectivity index (χ3n) is 3.70. The maximum Gasteiger partial charge on any atom is 0.244 e. The van der Waals surface area contributed by atoms with Gasteiger partial charge in [0.25, 0.3) is 0 Å². The highest BCUT2D eigenvalue weighted by molar-refractivity contribution is 7.80. The van der Waals surface area contributed by atoms with Crippen LogP contribution in [0.5, 0.6) is 0 Å². The molecule has 0 bridgehead atoms. The molecule has 3 rings (SSSR count). The van der Waals surface area contributed by atoms with Crippen LogP contribution in [0.15, 0.2) is 24.3 Å². The van der Waals surface area contributed by atoms with E-state index in [1.54, 1.807) is 0 Å². The van der Waals surface area contributed by atoms with Crippen molar-refractivity contribution in [3.63, 3.8) is 0 Å². The molecule has 2 aliphatic rings. The van der Waals surface area contributed by atoms with Gasteiger partial charge in [0, 0.05) is 6.04 Å². The van der Waals surface area contributed by atoms with Crippen molar-refractivity contribution in [1.82, 2.24) is 5.32 Å². The minimum atomic E-state index is -0.0192. The molecule has 1 aromatic carbocycles. The van der Waals surface area contributed by atoms with Gasteiger partial charge in [0.2, 0.25) is 5.91 Å². The number of para-hydroxylation sites is 2. The van der Waals surface area contributed by atoms with Gasteiger partial charge < -0.3 is 15.5 Å². The van der Waals surface area contributed by atoms with E-state index in [4.69, 9.17) is 12.2 Å². The summed E-state index contributed by atoms with van der Waals surface area (Å²) in [6.45, 7) is 0.287. The smallest absolute Gasteiger partial charge is 0.244 e. The average molecular weight is 275 g/mol. The maximum absolute atomic E-state index is 11.7. The first-order valence-corrected chi connectivity index (χ1v) is 7.12. The van der Waals surface area contributed by atoms with Gasteiger partial charge in [-0.2, -0.15) is 0 Å². The third-order valence-corrected chi connectivity index (χ3v) is 4.04. The zero-order chi connectivity index (χ0) is 13.2. The molecule has 19 heavy (non-hydrogen) atoms. The molecule has 0 spiro atoms. The summed E-state index contributed by atoms with van der Waals surface area (Å²) in [7, 11) is 0. The normalized spacial score (nSPS) is 18.9. The summed E-state index contributed by atoms with van der Waals surface area (Å²) < 4.78 is 0. The van der Waals surface area contributed by atoms with Crippen molar-refractivity contribution in [3.8, 4) is 0 Å². The second kappa shape index (κ2) is 5.17. The Balaban J connectivity index is 1.79. The molecule has 1 amide bonds. The van der Waals surface area contributed by atoms with Gasteiger partial charge in [0.05, 0.1) is 11.4 Å². The van der Waals surface area contributed by atoms with Crippen molar-refractivity contribution in [2.45, 2.75) is 31.7 Å². The lowest BCUT2D eigenvalue weighted by Crippen LogP contribution is -2.49. The van der Waals surface area contributed by atoms with Crippen LogP contribution < -0.4 is 15.5 Å². The zero-order valence-electron chi connectivity index (χ0n) is 10.7. The van der Waals surface area contributed by atoms with Crippen LogP contribution in [0, 0.1) is 0 Å². The monoisotopic (exact) mass is 275 g/mol. The molecule has 0 saturated heterocycles. The van der Waals surface area contributed by atoms with E-state index in [2.05, 4.69) is 10.6 Å². The van der Waals surface area contributed by atoms with Gasteiger partial charge in [-0.3, -0.25) is 4.79 Å². The van der Waals surface area contributed by atoms with Crippen LogP contribution in [0.4, 0.5) is 11.4 Å². The molecule has 0 aromatic heterocycles. The van der Waals surface area contributed by atoms with Crippen molar-refractivity contribution in [1.29, 1.82) is 0 Å². The number of carbonyl (C=O) groups excluding carboxylic acids is 1. The summed E-state index contributed by atoms with van der Waals surface area (Å²) in [5, 5.41) is 6.92. The number of anilines is 2. The largest absolute Gasteiger partial charge is 0.360 e. The molecular formula is C14H17N3OS. The van der Waals surface area contributed by atoms with Crippen LogP contribution in [0.25, 0.3) is 0 Å². The number of nitrogens with one attached hydrogen (secondary N) is 2. The number of benzene rings is 1. The first-order chi connectivity index (χ1) is 9.24. The first-order valence-electron chi connectivity index (χ1n) is 6.71. The van der Waals surface area contributed by atoms with Crippen LogP contribution in [0.2, 0.25) is 0 Å². The Bertz CT molecular complexity index is 511. The second-order valence-electron chi connectivity index (χ2n) is 5.08. The molecule has 0 unspecified atom stereocenters. The van der Waals surface area contributed by atoms with Gasteiger partial charge in [-0.05, 0) is 37.2 Å². The van der Waals surface area contributed by atoms with Gasteiger partial charge in [0.15, 0.2) is 5.11 Å². The lowest BCUT2D eigenvalue weighted by Gasteiger charge is -2.32. The Morgan fingerprint density at radius 2 is 2.05 bits per heavy atom. The molecule has 5 heteroatoms. The predicted octanol–water partition coefficient (Wildman–Crippen LogP) is 2.26. The molecule has 0 atom stereocenters. The van der Waals surface area contributed by atoms with E-state index in [0.717, 1.165) is 11.4 Å². The Kier molecular flexibility index (Phi) is 3.38. The molecule has 0 radical (unpaired) electrons. The molecule has 1 fully saturated rings. The van der Waals surface area contributed by atoms with Crippen molar-refractivity contribution < 1.29 is 4.79 Å². The number of amides is 1. The Labute approximate surface area is 118 Å². The fourth-order valence-electron chi connectivity index (χ4n) is 2.74. The number of hydrogen-bond donors (Lipinski definition) is 2. The molecule has 1 aliphatic carbocycles. The number of rotatable bonds is 1. The summed E-state index contributed by atoms with van der Waals surface area (Å²) in [5.74, 6) is -0.0192. The summed E-state index contributed by atoms with van der Waals surface area (Å²) >= 11 is 5.47. The highest BCUT2D eigenvalue weighted by Gasteiger charge is 2.26. The lowest BCUT2D eigenvalue weighted by molar-refractivity contribution is -0.115. The molecule has 1 aliphatic heterocycles. The standard InChI is InChI=1S/C14H17N3OS/c18-13-9-17(12-8-4-3-7-11(12)16-13)14(19)15-10-5-1-2-6-10/h3-4,7-8,10H,1-2,5-6,9H2,(H,15,19)(H,16,18). The molecule has 100 valence electrons. The van der Waals surface area contributed by atoms with Gasteiger partial charge in [-0.25, -0.2) is 0 Å². The van der Waals surface area contributed by atoms with E-state index < -0.39 is 0 Å². The van der Waals surface area contributed by atoms with E-state index in [-0.39, 0.29) is 12.5 Å². The lowest BCUT2D eigenvalue weighted by atomic mass is 10.2. The van der Waals surface area contributed by atoms with Crippen LogP contribution in [0.1, 0.15) is 25.7 Å². The molecule has 2 N–H and O–H groups in total. The topological polar surface area (TPSA) is 44.4 Å². The molecule has 1 saturated carbocycles. The SMILES string of the molecule is O=C1CN(C(=S)NC2CCCC2)c2ccccc2N1. The zero-order valence-corrected chi connectivity index (χ0v) is 11.5. The van der Waals surface area contributed by atoms with Crippen molar-refractivity contribution >= 4 is 34.6 Å². The minimum Gasteiger partial charge on any atom is -0.360 e. The van der Waals surface area contributed by atoms with Gasteiger partial charge in [0.1, 0.15) is 6.54 Å². The summed E-state index contributed by atoms with van der Waals surface area (Å²) in [5.41, 5.74) is 1.80. The van der Waals surface area contributed by atoms with Crippen LogP contribution in [-0.4, -0.2) is 23.6 Å². The first kappa shape index (κ1) is 12.4. The van der Waals surface area contributed by atoms with Crippen LogP contribution >= 0.6 is 12.2 Å². The second-order valence-corrected chi connectivity index (χ2v) is 5.47. The number of nitrogens with zero attached hydrogens (tertiary/aromatic N) is 1. The van der Waals surface area contributed by atoms with E-state index in [0.29, 0.717) is 11.2 Å². The molecule has 1 aromatic rings. The number of thiocarbonyl (C=S) groups is 1. The fraction of sp³-hybridized carbons (Fsp3) is 0.429. The van der Waals surface area contributed by atoms with Crippen molar-refractivity contribution in [3.05, 3.63) is 24.3 Å². The summed E-state index contributed by atoms with van der Waals surface area (Å²) in [6.07, 6.45) is 4.86.